The van der Waals surface area contributed by atoms with Gasteiger partial charge >= 0.3 is 0 Å². The van der Waals surface area contributed by atoms with Crippen molar-refractivity contribution in [2.45, 2.75) is 25.9 Å². The average Bonchev–Trinajstić information content (AvgIpc) is 2.99. The van der Waals surface area contributed by atoms with Crippen molar-refractivity contribution in [3.05, 3.63) is 59.1 Å². The van der Waals surface area contributed by atoms with Crippen molar-refractivity contribution in [1.82, 2.24) is 10.6 Å². The summed E-state index contributed by atoms with van der Waals surface area (Å²) < 4.78 is 23.4. The van der Waals surface area contributed by atoms with Crippen LogP contribution in [-0.2, 0) is 16.4 Å². The van der Waals surface area contributed by atoms with Crippen molar-refractivity contribution >= 4 is 51.4 Å². The molecular formula is C20H25ClIN3O2S. The lowest BCUT2D eigenvalue weighted by Gasteiger charge is -2.16. The fraction of sp³-hybridized carbons (Fsp3) is 0.350. The van der Waals surface area contributed by atoms with E-state index in [-0.39, 0.29) is 41.5 Å². The lowest BCUT2D eigenvalue weighted by molar-refractivity contribution is 0.599. The summed E-state index contributed by atoms with van der Waals surface area (Å²) in [6.07, 6.45) is 0.619. The Hall–Kier alpha value is -1.32. The lowest BCUT2D eigenvalue weighted by atomic mass is 10.00. The maximum atomic E-state index is 11.7. The highest BCUT2D eigenvalue weighted by Crippen LogP contribution is 2.25. The molecule has 0 bridgehead atoms. The van der Waals surface area contributed by atoms with E-state index < -0.39 is 9.84 Å². The first kappa shape index (κ1) is 23.0. The number of aliphatic imine (C=N–C) groups is 1. The molecule has 1 heterocycles. The van der Waals surface area contributed by atoms with E-state index in [4.69, 9.17) is 11.6 Å². The largest absolute Gasteiger partial charge is 0.357 e. The van der Waals surface area contributed by atoms with Gasteiger partial charge in [-0.05, 0) is 42.2 Å². The molecule has 28 heavy (non-hydrogen) atoms. The van der Waals surface area contributed by atoms with Crippen LogP contribution in [0.3, 0.4) is 0 Å². The second-order valence-electron chi connectivity index (χ2n) is 6.60. The molecule has 2 aromatic rings. The van der Waals surface area contributed by atoms with E-state index in [1.165, 1.54) is 0 Å². The molecule has 0 saturated carbocycles. The van der Waals surface area contributed by atoms with Crippen LogP contribution in [0.2, 0.25) is 5.02 Å². The molecule has 1 saturated heterocycles. The summed E-state index contributed by atoms with van der Waals surface area (Å²) in [6, 6.07) is 15.8. The fourth-order valence-electron chi connectivity index (χ4n) is 3.16. The third-order valence-corrected chi connectivity index (χ3v) is 6.52. The Morgan fingerprint density at radius 2 is 1.89 bits per heavy atom. The molecule has 3 rings (SSSR count). The van der Waals surface area contributed by atoms with Crippen molar-refractivity contribution < 1.29 is 8.42 Å². The van der Waals surface area contributed by atoms with E-state index in [2.05, 4.69) is 27.8 Å². The van der Waals surface area contributed by atoms with Crippen LogP contribution in [0, 0.1) is 0 Å². The zero-order valence-corrected chi connectivity index (χ0v) is 19.6. The van der Waals surface area contributed by atoms with Crippen molar-refractivity contribution in [2.75, 3.05) is 18.1 Å². The molecule has 0 radical (unpaired) electrons. The van der Waals surface area contributed by atoms with E-state index in [9.17, 15) is 8.42 Å². The minimum absolute atomic E-state index is 0. The molecule has 0 spiro atoms. The Labute approximate surface area is 188 Å². The Morgan fingerprint density at radius 1 is 1.18 bits per heavy atom. The van der Waals surface area contributed by atoms with E-state index in [0.717, 1.165) is 16.7 Å². The maximum Gasteiger partial charge on any atom is 0.191 e. The van der Waals surface area contributed by atoms with Gasteiger partial charge in [0.05, 0.1) is 18.1 Å². The van der Waals surface area contributed by atoms with Gasteiger partial charge in [-0.25, -0.2) is 13.4 Å². The Bertz CT molecular complexity index is 917. The number of halogens is 2. The summed E-state index contributed by atoms with van der Waals surface area (Å²) in [5.41, 5.74) is 3.29. The summed E-state index contributed by atoms with van der Waals surface area (Å²) in [4.78, 5) is 4.67. The first-order chi connectivity index (χ1) is 13.0. The monoisotopic (exact) mass is 533 g/mol. The predicted molar refractivity (Wildman–Crippen MR) is 127 cm³/mol. The van der Waals surface area contributed by atoms with E-state index >= 15 is 0 Å². The fourth-order valence-corrected chi connectivity index (χ4v) is 4.96. The molecule has 1 aliphatic heterocycles. The van der Waals surface area contributed by atoms with Crippen LogP contribution in [0.5, 0.6) is 0 Å². The van der Waals surface area contributed by atoms with Crippen molar-refractivity contribution in [3.63, 3.8) is 0 Å². The van der Waals surface area contributed by atoms with Gasteiger partial charge in [-0.2, -0.15) is 0 Å². The highest BCUT2D eigenvalue weighted by Gasteiger charge is 2.28. The highest BCUT2D eigenvalue weighted by atomic mass is 127. The SMILES string of the molecule is CCNC(=NCc1ccccc1-c1ccc(Cl)cc1)NC1CCS(=O)(=O)C1.I. The van der Waals surface area contributed by atoms with Crippen LogP contribution in [-0.4, -0.2) is 38.5 Å². The van der Waals surface area contributed by atoms with Gasteiger partial charge in [-0.1, -0.05) is 48.0 Å². The molecular weight excluding hydrogens is 509 g/mol. The van der Waals surface area contributed by atoms with E-state index in [0.29, 0.717) is 30.5 Å². The molecule has 5 nitrogen and oxygen atoms in total. The number of sulfone groups is 1. The van der Waals surface area contributed by atoms with Gasteiger partial charge in [-0.3, -0.25) is 0 Å². The smallest absolute Gasteiger partial charge is 0.191 e. The second-order valence-corrected chi connectivity index (χ2v) is 9.27. The number of nitrogens with zero attached hydrogens (tertiary/aromatic N) is 1. The highest BCUT2D eigenvalue weighted by molar-refractivity contribution is 14.0. The van der Waals surface area contributed by atoms with Gasteiger partial charge in [0.1, 0.15) is 0 Å². The summed E-state index contributed by atoms with van der Waals surface area (Å²) in [5, 5.41) is 7.16. The topological polar surface area (TPSA) is 70.6 Å². The van der Waals surface area contributed by atoms with Crippen LogP contribution in [0.25, 0.3) is 11.1 Å². The lowest BCUT2D eigenvalue weighted by Crippen LogP contribution is -2.44. The van der Waals surface area contributed by atoms with Gasteiger partial charge in [0, 0.05) is 17.6 Å². The third-order valence-electron chi connectivity index (χ3n) is 4.50. The summed E-state index contributed by atoms with van der Waals surface area (Å²) >= 11 is 6.00. The Balaban J connectivity index is 0.00000280. The van der Waals surface area contributed by atoms with Gasteiger partial charge in [0.15, 0.2) is 15.8 Å². The molecule has 1 unspecified atom stereocenters. The molecule has 8 heteroatoms. The molecule has 2 aromatic carbocycles. The summed E-state index contributed by atoms with van der Waals surface area (Å²) in [6.45, 7) is 3.20. The van der Waals surface area contributed by atoms with E-state index in [1.54, 1.807) is 0 Å². The van der Waals surface area contributed by atoms with Gasteiger partial charge in [0.25, 0.3) is 0 Å². The number of hydrogen-bond acceptors (Lipinski definition) is 3. The molecule has 1 aliphatic rings. The van der Waals surface area contributed by atoms with Gasteiger partial charge < -0.3 is 10.6 Å². The normalized spacial score (nSPS) is 18.4. The van der Waals surface area contributed by atoms with Crippen LogP contribution >= 0.6 is 35.6 Å². The number of rotatable bonds is 5. The predicted octanol–water partition coefficient (Wildman–Crippen LogP) is 3.87. The summed E-state index contributed by atoms with van der Waals surface area (Å²) in [7, 11) is -2.93. The van der Waals surface area contributed by atoms with Crippen molar-refractivity contribution in [1.29, 1.82) is 0 Å². The maximum absolute atomic E-state index is 11.7. The van der Waals surface area contributed by atoms with Crippen LogP contribution in [0.1, 0.15) is 18.9 Å². The van der Waals surface area contributed by atoms with Crippen LogP contribution in [0.4, 0.5) is 0 Å². The number of benzene rings is 2. The minimum atomic E-state index is -2.93. The first-order valence-electron chi connectivity index (χ1n) is 9.06. The third kappa shape index (κ3) is 6.35. The zero-order valence-electron chi connectivity index (χ0n) is 15.7. The standard InChI is InChI=1S/C20H24ClN3O2S.HI/c1-2-22-20(24-18-11-12-27(25,26)14-18)23-13-16-5-3-4-6-19(16)15-7-9-17(21)10-8-15;/h3-10,18H,2,11-14H2,1H3,(H2,22,23,24);1H. The Kier molecular flexibility index (Phi) is 8.57. The van der Waals surface area contributed by atoms with Gasteiger partial charge in [0.2, 0.25) is 0 Å². The molecule has 0 aromatic heterocycles. The number of hydrogen-bond donors (Lipinski definition) is 2. The van der Waals surface area contributed by atoms with Gasteiger partial charge in [-0.15, -0.1) is 24.0 Å². The molecule has 0 amide bonds. The average molecular weight is 534 g/mol. The Morgan fingerprint density at radius 3 is 2.54 bits per heavy atom. The molecule has 152 valence electrons. The number of guanidine groups is 1. The zero-order chi connectivity index (χ0) is 19.3. The van der Waals surface area contributed by atoms with Crippen molar-refractivity contribution in [2.24, 2.45) is 4.99 Å². The summed E-state index contributed by atoms with van der Waals surface area (Å²) in [5.74, 6) is 1.05. The quantitative estimate of drug-likeness (QED) is 0.348. The molecule has 1 fully saturated rings. The minimum Gasteiger partial charge on any atom is -0.357 e. The first-order valence-corrected chi connectivity index (χ1v) is 11.3. The second kappa shape index (κ2) is 10.5. The molecule has 2 N–H and O–H groups in total. The van der Waals surface area contributed by atoms with Crippen LogP contribution < -0.4 is 10.6 Å². The van der Waals surface area contributed by atoms with E-state index in [1.807, 2.05) is 43.3 Å². The van der Waals surface area contributed by atoms with Crippen molar-refractivity contribution in [3.8, 4) is 11.1 Å². The molecule has 1 atom stereocenters. The molecule has 0 aliphatic carbocycles. The van der Waals surface area contributed by atoms with Crippen LogP contribution in [0.15, 0.2) is 53.5 Å². The number of nitrogens with one attached hydrogen (secondary N) is 2.